The highest BCUT2D eigenvalue weighted by molar-refractivity contribution is 5.90. The van der Waals surface area contributed by atoms with Crippen LogP contribution in [0, 0.1) is 13.8 Å². The average Bonchev–Trinajstić information content (AvgIpc) is 3.10. The first-order chi connectivity index (χ1) is 14.5. The molecule has 1 aliphatic heterocycles. The van der Waals surface area contributed by atoms with Gasteiger partial charge in [-0.25, -0.2) is 9.59 Å². The SMILES string of the molecule is CCCCO[C@H]1CC(OC(=O)c2ccc(C)cc2)[C@@H](OC(=O)c2ccc(C)cc2)O1. The van der Waals surface area contributed by atoms with Gasteiger partial charge in [-0.15, -0.1) is 0 Å². The predicted molar refractivity (Wildman–Crippen MR) is 111 cm³/mol. The highest BCUT2D eigenvalue weighted by atomic mass is 16.8. The van der Waals surface area contributed by atoms with Crippen molar-refractivity contribution in [1.29, 1.82) is 0 Å². The topological polar surface area (TPSA) is 71.1 Å². The molecular weight excluding hydrogens is 384 g/mol. The summed E-state index contributed by atoms with van der Waals surface area (Å²) in [6.45, 7) is 6.47. The largest absolute Gasteiger partial charge is 0.452 e. The number of esters is 2. The number of unbranched alkanes of at least 4 members (excludes halogenated alkanes) is 1. The summed E-state index contributed by atoms with van der Waals surface area (Å²) in [7, 11) is 0. The average molecular weight is 412 g/mol. The van der Waals surface area contributed by atoms with Crippen molar-refractivity contribution in [1.82, 2.24) is 0 Å². The van der Waals surface area contributed by atoms with Crippen LogP contribution in [0.3, 0.4) is 0 Å². The molecule has 6 nitrogen and oxygen atoms in total. The van der Waals surface area contributed by atoms with Gasteiger partial charge in [-0.2, -0.15) is 0 Å². The van der Waals surface area contributed by atoms with Crippen molar-refractivity contribution in [3.63, 3.8) is 0 Å². The van der Waals surface area contributed by atoms with Gasteiger partial charge in [0.15, 0.2) is 12.4 Å². The summed E-state index contributed by atoms with van der Waals surface area (Å²) in [5.74, 6) is -1.03. The Morgan fingerprint density at radius 2 is 1.43 bits per heavy atom. The van der Waals surface area contributed by atoms with Gasteiger partial charge in [-0.3, -0.25) is 0 Å². The zero-order valence-corrected chi connectivity index (χ0v) is 17.6. The maximum Gasteiger partial charge on any atom is 0.340 e. The summed E-state index contributed by atoms with van der Waals surface area (Å²) in [6.07, 6.45) is -0.193. The van der Waals surface area contributed by atoms with Gasteiger partial charge in [-0.05, 0) is 44.5 Å². The number of carbonyl (C=O) groups is 2. The van der Waals surface area contributed by atoms with Gasteiger partial charge in [0.05, 0.1) is 11.1 Å². The van der Waals surface area contributed by atoms with Crippen LogP contribution in [0.1, 0.15) is 58.0 Å². The van der Waals surface area contributed by atoms with Gasteiger partial charge in [0.2, 0.25) is 6.29 Å². The molecule has 0 bridgehead atoms. The fraction of sp³-hybridized carbons (Fsp3) is 0.417. The molecule has 0 radical (unpaired) electrons. The minimum atomic E-state index is -1.03. The third-order valence-corrected chi connectivity index (χ3v) is 4.87. The van der Waals surface area contributed by atoms with Crippen molar-refractivity contribution in [2.75, 3.05) is 6.61 Å². The zero-order valence-electron chi connectivity index (χ0n) is 17.6. The molecule has 0 aliphatic carbocycles. The zero-order chi connectivity index (χ0) is 21.5. The Kier molecular flexibility index (Phi) is 7.60. The van der Waals surface area contributed by atoms with E-state index in [4.69, 9.17) is 18.9 Å². The Morgan fingerprint density at radius 3 is 1.97 bits per heavy atom. The third kappa shape index (κ3) is 5.90. The predicted octanol–water partition coefficient (Wildman–Crippen LogP) is 4.58. The van der Waals surface area contributed by atoms with Crippen molar-refractivity contribution >= 4 is 11.9 Å². The van der Waals surface area contributed by atoms with Crippen molar-refractivity contribution in [2.45, 2.75) is 58.7 Å². The van der Waals surface area contributed by atoms with Crippen LogP contribution in [0.4, 0.5) is 0 Å². The van der Waals surface area contributed by atoms with E-state index in [1.807, 2.05) is 38.1 Å². The van der Waals surface area contributed by atoms with Crippen LogP contribution in [0.5, 0.6) is 0 Å². The molecule has 0 N–H and O–H groups in total. The highest BCUT2D eigenvalue weighted by Crippen LogP contribution is 2.27. The summed E-state index contributed by atoms with van der Waals surface area (Å²) >= 11 is 0. The number of benzene rings is 2. The summed E-state index contributed by atoms with van der Waals surface area (Å²) in [4.78, 5) is 25.1. The first-order valence-corrected chi connectivity index (χ1v) is 10.3. The van der Waals surface area contributed by atoms with E-state index in [1.54, 1.807) is 24.3 Å². The maximum atomic E-state index is 12.6. The first kappa shape index (κ1) is 22.0. The molecule has 0 spiro atoms. The molecule has 1 saturated heterocycles. The van der Waals surface area contributed by atoms with Gasteiger partial charge < -0.3 is 18.9 Å². The Balaban J connectivity index is 1.68. The van der Waals surface area contributed by atoms with E-state index in [0.717, 1.165) is 24.0 Å². The van der Waals surface area contributed by atoms with E-state index >= 15 is 0 Å². The number of ether oxygens (including phenoxy) is 4. The van der Waals surface area contributed by atoms with Crippen LogP contribution in [0.15, 0.2) is 48.5 Å². The van der Waals surface area contributed by atoms with Crippen molar-refractivity contribution in [2.24, 2.45) is 0 Å². The molecule has 3 rings (SSSR count). The van der Waals surface area contributed by atoms with Crippen molar-refractivity contribution in [3.05, 3.63) is 70.8 Å². The van der Waals surface area contributed by atoms with E-state index < -0.39 is 30.6 Å². The van der Waals surface area contributed by atoms with E-state index in [1.165, 1.54) is 0 Å². The standard InChI is InChI=1S/C24H28O6/c1-4-5-14-27-21-15-20(28-22(25)18-10-6-16(2)7-11-18)24(29-21)30-23(26)19-12-8-17(3)9-13-19/h6-13,20-21,24H,4-5,14-15H2,1-3H3/t20?,21-,24-/m1/s1. The lowest BCUT2D eigenvalue weighted by Crippen LogP contribution is -2.31. The van der Waals surface area contributed by atoms with Gasteiger partial charge in [0, 0.05) is 13.0 Å². The Morgan fingerprint density at radius 1 is 0.900 bits per heavy atom. The van der Waals surface area contributed by atoms with Crippen molar-refractivity contribution < 1.29 is 28.5 Å². The molecule has 1 aliphatic rings. The van der Waals surface area contributed by atoms with Gasteiger partial charge in [0.1, 0.15) is 0 Å². The molecule has 1 heterocycles. The summed E-state index contributed by atoms with van der Waals surface area (Å²) in [5.41, 5.74) is 2.92. The number of carbonyl (C=O) groups excluding carboxylic acids is 2. The van der Waals surface area contributed by atoms with Gasteiger partial charge >= 0.3 is 11.9 Å². The summed E-state index contributed by atoms with van der Waals surface area (Å²) in [5, 5.41) is 0. The first-order valence-electron chi connectivity index (χ1n) is 10.3. The van der Waals surface area contributed by atoms with Crippen LogP contribution >= 0.6 is 0 Å². The van der Waals surface area contributed by atoms with Crippen LogP contribution in [0.25, 0.3) is 0 Å². The molecule has 160 valence electrons. The highest BCUT2D eigenvalue weighted by Gasteiger charge is 2.41. The Hall–Kier alpha value is -2.70. The number of rotatable bonds is 8. The van der Waals surface area contributed by atoms with Crippen LogP contribution in [0.2, 0.25) is 0 Å². The van der Waals surface area contributed by atoms with E-state index in [0.29, 0.717) is 24.2 Å². The lowest BCUT2D eigenvalue weighted by molar-refractivity contribution is -0.197. The molecular formula is C24H28O6. The van der Waals surface area contributed by atoms with E-state index in [9.17, 15) is 9.59 Å². The van der Waals surface area contributed by atoms with Gasteiger partial charge in [-0.1, -0.05) is 48.7 Å². The number of hydrogen-bond acceptors (Lipinski definition) is 6. The van der Waals surface area contributed by atoms with Crippen molar-refractivity contribution in [3.8, 4) is 0 Å². The maximum absolute atomic E-state index is 12.6. The van der Waals surface area contributed by atoms with E-state index in [2.05, 4.69) is 6.92 Å². The second-order valence-corrected chi connectivity index (χ2v) is 7.48. The lowest BCUT2D eigenvalue weighted by atomic mass is 10.1. The summed E-state index contributed by atoms with van der Waals surface area (Å²) < 4.78 is 22.6. The fourth-order valence-corrected chi connectivity index (χ4v) is 3.03. The molecule has 0 amide bonds. The van der Waals surface area contributed by atoms with Crippen LogP contribution in [-0.2, 0) is 18.9 Å². The molecule has 3 atom stereocenters. The fourth-order valence-electron chi connectivity index (χ4n) is 3.03. The second kappa shape index (κ2) is 10.4. The molecule has 0 aromatic heterocycles. The normalized spacial score (nSPS) is 20.7. The molecule has 0 saturated carbocycles. The van der Waals surface area contributed by atoms with Crippen LogP contribution < -0.4 is 0 Å². The molecule has 1 fully saturated rings. The monoisotopic (exact) mass is 412 g/mol. The lowest BCUT2D eigenvalue weighted by Gasteiger charge is -2.19. The smallest absolute Gasteiger partial charge is 0.340 e. The molecule has 2 aromatic rings. The molecule has 30 heavy (non-hydrogen) atoms. The van der Waals surface area contributed by atoms with E-state index in [-0.39, 0.29) is 0 Å². The minimum absolute atomic E-state index is 0.299. The molecule has 2 aromatic carbocycles. The molecule has 6 heteroatoms. The molecule has 1 unspecified atom stereocenters. The Bertz CT molecular complexity index is 776. The Labute approximate surface area is 177 Å². The third-order valence-electron chi connectivity index (χ3n) is 4.87. The minimum Gasteiger partial charge on any atom is -0.452 e. The quantitative estimate of drug-likeness (QED) is 0.467. The summed E-state index contributed by atoms with van der Waals surface area (Å²) in [6, 6.07) is 14.1. The number of aryl methyl sites for hydroxylation is 2. The van der Waals surface area contributed by atoms with Gasteiger partial charge in [0.25, 0.3) is 0 Å². The number of hydrogen-bond donors (Lipinski definition) is 0. The second-order valence-electron chi connectivity index (χ2n) is 7.48. The van der Waals surface area contributed by atoms with Crippen LogP contribution in [-0.4, -0.2) is 37.2 Å².